The molecule has 122 valence electrons. The Kier molecular flexibility index (Phi) is 5.74. The molecule has 1 atom stereocenters. The lowest BCUT2D eigenvalue weighted by atomic mass is 10.0. The maximum absolute atomic E-state index is 12.7. The predicted molar refractivity (Wildman–Crippen MR) is 80.6 cm³/mol. The van der Waals surface area contributed by atoms with E-state index in [2.05, 4.69) is 0 Å². The van der Waals surface area contributed by atoms with E-state index in [4.69, 9.17) is 5.73 Å². The lowest BCUT2D eigenvalue weighted by Gasteiger charge is -2.35. The first kappa shape index (κ1) is 17.1. The van der Waals surface area contributed by atoms with Crippen molar-refractivity contribution in [3.63, 3.8) is 0 Å². The highest BCUT2D eigenvalue weighted by Crippen LogP contribution is 2.32. The third-order valence-electron chi connectivity index (χ3n) is 3.74. The maximum atomic E-state index is 12.7. The Labute approximate surface area is 132 Å². The number of piperidine rings is 1. The third kappa shape index (κ3) is 4.39. The third-order valence-corrected chi connectivity index (χ3v) is 4.72. The zero-order valence-corrected chi connectivity index (χ0v) is 12.9. The highest BCUT2D eigenvalue weighted by atomic mass is 32.2. The molecule has 0 saturated carbocycles. The van der Waals surface area contributed by atoms with Gasteiger partial charge in [0.2, 0.25) is 5.91 Å². The molecule has 0 bridgehead atoms. The van der Waals surface area contributed by atoms with Gasteiger partial charge in [-0.1, -0.05) is 6.07 Å². The summed E-state index contributed by atoms with van der Waals surface area (Å²) in [5.41, 5.74) is 4.99. The number of rotatable bonds is 4. The summed E-state index contributed by atoms with van der Waals surface area (Å²) >= 11 is 1.13. The first-order chi connectivity index (χ1) is 10.4. The van der Waals surface area contributed by atoms with Gasteiger partial charge in [0, 0.05) is 24.0 Å². The number of benzene rings is 1. The van der Waals surface area contributed by atoms with Crippen LogP contribution >= 0.6 is 11.8 Å². The first-order valence-corrected chi connectivity index (χ1v) is 8.20. The monoisotopic (exact) mass is 332 g/mol. The predicted octanol–water partition coefficient (Wildman–Crippen LogP) is 3.14. The molecule has 0 aromatic heterocycles. The van der Waals surface area contributed by atoms with E-state index < -0.39 is 11.7 Å². The Morgan fingerprint density at radius 2 is 2.14 bits per heavy atom. The Morgan fingerprint density at radius 1 is 1.36 bits per heavy atom. The van der Waals surface area contributed by atoms with Crippen molar-refractivity contribution >= 4 is 17.7 Å². The van der Waals surface area contributed by atoms with Crippen LogP contribution in [0.25, 0.3) is 0 Å². The topological polar surface area (TPSA) is 46.3 Å². The summed E-state index contributed by atoms with van der Waals surface area (Å²) in [6.45, 7) is 1.11. The lowest BCUT2D eigenvalue weighted by molar-refractivity contribution is -0.137. The number of likely N-dealkylation sites (tertiary alicyclic amines) is 1. The largest absolute Gasteiger partial charge is 0.416 e. The molecule has 1 saturated heterocycles. The number of alkyl halides is 3. The molecule has 1 aromatic rings. The van der Waals surface area contributed by atoms with Gasteiger partial charge in [-0.2, -0.15) is 13.2 Å². The molecule has 2 rings (SSSR count). The standard InChI is InChI=1S/C15H19F3N2OS/c16-15(17,18)11-4-3-6-13(8-11)22-10-14(21)20-7-2-1-5-12(20)9-19/h3-4,6,8,12H,1-2,5,7,9-10,19H2. The number of nitrogens with zero attached hydrogens (tertiary/aromatic N) is 1. The average molecular weight is 332 g/mol. The molecule has 3 nitrogen and oxygen atoms in total. The van der Waals surface area contributed by atoms with Gasteiger partial charge in [0.15, 0.2) is 0 Å². The van der Waals surface area contributed by atoms with Crippen LogP contribution in [0.5, 0.6) is 0 Å². The van der Waals surface area contributed by atoms with Crippen molar-refractivity contribution in [2.45, 2.75) is 36.4 Å². The van der Waals surface area contributed by atoms with Crippen molar-refractivity contribution in [3.05, 3.63) is 29.8 Å². The first-order valence-electron chi connectivity index (χ1n) is 7.21. The van der Waals surface area contributed by atoms with Crippen LogP contribution in [0.4, 0.5) is 13.2 Å². The molecule has 1 aliphatic heterocycles. The minimum Gasteiger partial charge on any atom is -0.338 e. The molecule has 0 aliphatic carbocycles. The molecule has 7 heteroatoms. The number of nitrogens with two attached hydrogens (primary N) is 1. The lowest BCUT2D eigenvalue weighted by Crippen LogP contribution is -2.48. The van der Waals surface area contributed by atoms with Crippen LogP contribution in [0, 0.1) is 0 Å². The Balaban J connectivity index is 1.96. The normalized spacial score (nSPS) is 19.3. The van der Waals surface area contributed by atoms with Gasteiger partial charge in [-0.25, -0.2) is 0 Å². The molecule has 2 N–H and O–H groups in total. The van der Waals surface area contributed by atoms with E-state index in [1.807, 2.05) is 0 Å². The average Bonchev–Trinajstić information content (AvgIpc) is 2.52. The van der Waals surface area contributed by atoms with Gasteiger partial charge in [0.25, 0.3) is 0 Å². The van der Waals surface area contributed by atoms with Crippen LogP contribution in [-0.2, 0) is 11.0 Å². The minimum atomic E-state index is -4.36. The molecule has 1 aliphatic rings. The van der Waals surface area contributed by atoms with Gasteiger partial charge >= 0.3 is 6.18 Å². The van der Waals surface area contributed by atoms with Crippen molar-refractivity contribution in [1.29, 1.82) is 0 Å². The van der Waals surface area contributed by atoms with Crippen molar-refractivity contribution in [2.24, 2.45) is 5.73 Å². The van der Waals surface area contributed by atoms with Crippen LogP contribution < -0.4 is 5.73 Å². The second-order valence-corrected chi connectivity index (χ2v) is 6.34. The summed E-state index contributed by atoms with van der Waals surface area (Å²) in [6.07, 6.45) is -1.45. The van der Waals surface area contributed by atoms with E-state index in [9.17, 15) is 18.0 Å². The second-order valence-electron chi connectivity index (χ2n) is 5.29. The number of hydrogen-bond acceptors (Lipinski definition) is 3. The number of carbonyl (C=O) groups excluding carboxylic acids is 1. The van der Waals surface area contributed by atoms with E-state index in [1.165, 1.54) is 6.07 Å². The molecule has 0 spiro atoms. The molecular weight excluding hydrogens is 313 g/mol. The molecule has 1 heterocycles. The summed E-state index contributed by atoms with van der Waals surface area (Å²) < 4.78 is 38.0. The number of thioether (sulfide) groups is 1. The van der Waals surface area contributed by atoms with E-state index in [0.29, 0.717) is 18.0 Å². The summed E-state index contributed by atoms with van der Waals surface area (Å²) in [4.78, 5) is 14.5. The van der Waals surface area contributed by atoms with Crippen molar-refractivity contribution in [2.75, 3.05) is 18.8 Å². The van der Waals surface area contributed by atoms with Gasteiger partial charge < -0.3 is 10.6 Å². The fraction of sp³-hybridized carbons (Fsp3) is 0.533. The quantitative estimate of drug-likeness (QED) is 0.862. The van der Waals surface area contributed by atoms with Crippen LogP contribution in [0.15, 0.2) is 29.2 Å². The maximum Gasteiger partial charge on any atom is 0.416 e. The van der Waals surface area contributed by atoms with Crippen molar-refractivity contribution in [3.8, 4) is 0 Å². The van der Waals surface area contributed by atoms with E-state index in [-0.39, 0.29) is 17.7 Å². The molecular formula is C15H19F3N2OS. The molecule has 1 aromatic carbocycles. The number of amides is 1. The number of carbonyl (C=O) groups is 1. The summed E-state index contributed by atoms with van der Waals surface area (Å²) in [6, 6.07) is 5.11. The van der Waals surface area contributed by atoms with Gasteiger partial charge in [-0.3, -0.25) is 4.79 Å². The van der Waals surface area contributed by atoms with E-state index >= 15 is 0 Å². The second kappa shape index (κ2) is 7.37. The van der Waals surface area contributed by atoms with Crippen molar-refractivity contribution < 1.29 is 18.0 Å². The fourth-order valence-electron chi connectivity index (χ4n) is 2.56. The molecule has 1 unspecified atom stereocenters. The minimum absolute atomic E-state index is 0.0578. The smallest absolute Gasteiger partial charge is 0.338 e. The zero-order valence-electron chi connectivity index (χ0n) is 12.1. The van der Waals surface area contributed by atoms with Gasteiger partial charge in [-0.05, 0) is 37.5 Å². The van der Waals surface area contributed by atoms with E-state index in [0.717, 1.165) is 43.2 Å². The Morgan fingerprint density at radius 3 is 2.82 bits per heavy atom. The van der Waals surface area contributed by atoms with Crippen LogP contribution in [0.2, 0.25) is 0 Å². The van der Waals surface area contributed by atoms with Gasteiger partial charge in [-0.15, -0.1) is 11.8 Å². The van der Waals surface area contributed by atoms with Crippen LogP contribution in [0.1, 0.15) is 24.8 Å². The van der Waals surface area contributed by atoms with Crippen LogP contribution in [-0.4, -0.2) is 35.7 Å². The van der Waals surface area contributed by atoms with Crippen LogP contribution in [0.3, 0.4) is 0 Å². The highest BCUT2D eigenvalue weighted by molar-refractivity contribution is 8.00. The summed E-state index contributed by atoms with van der Waals surface area (Å²) in [7, 11) is 0. The molecule has 1 fully saturated rings. The fourth-order valence-corrected chi connectivity index (χ4v) is 3.41. The number of hydrogen-bond donors (Lipinski definition) is 1. The molecule has 1 amide bonds. The summed E-state index contributed by atoms with van der Waals surface area (Å²) in [5.74, 6) is 0.0789. The van der Waals surface area contributed by atoms with E-state index in [1.54, 1.807) is 11.0 Å². The molecule has 0 radical (unpaired) electrons. The van der Waals surface area contributed by atoms with Gasteiger partial charge in [0.1, 0.15) is 0 Å². The Hall–Kier alpha value is -1.21. The SMILES string of the molecule is NCC1CCCCN1C(=O)CSc1cccc(C(F)(F)F)c1. The number of halogens is 3. The zero-order chi connectivity index (χ0) is 16.2. The highest BCUT2D eigenvalue weighted by Gasteiger charge is 2.30. The Bertz CT molecular complexity index is 522. The van der Waals surface area contributed by atoms with Crippen molar-refractivity contribution in [1.82, 2.24) is 4.90 Å². The molecule has 22 heavy (non-hydrogen) atoms. The van der Waals surface area contributed by atoms with Gasteiger partial charge in [0.05, 0.1) is 11.3 Å². The summed E-state index contributed by atoms with van der Waals surface area (Å²) in [5, 5.41) is 0.